The third kappa shape index (κ3) is 3.88. The molecule has 0 amide bonds. The lowest BCUT2D eigenvalue weighted by Gasteiger charge is -2.15. The van der Waals surface area contributed by atoms with Crippen molar-refractivity contribution in [3.8, 4) is 19.8 Å². The lowest BCUT2D eigenvalue weighted by Crippen LogP contribution is -2.07. The van der Waals surface area contributed by atoms with E-state index in [-0.39, 0.29) is 10.8 Å². The number of aryl methyl sites for hydroxylation is 1. The lowest BCUT2D eigenvalue weighted by molar-refractivity contribution is 0.603. The summed E-state index contributed by atoms with van der Waals surface area (Å²) in [6, 6.07) is 4.56. The van der Waals surface area contributed by atoms with Crippen molar-refractivity contribution >= 4 is 61.1 Å². The summed E-state index contributed by atoms with van der Waals surface area (Å²) in [6.07, 6.45) is 1.94. The van der Waals surface area contributed by atoms with Gasteiger partial charge in [0.05, 0.1) is 9.75 Å². The van der Waals surface area contributed by atoms with Crippen LogP contribution >= 0.6 is 45.3 Å². The van der Waals surface area contributed by atoms with Gasteiger partial charge in [-0.25, -0.2) is 9.97 Å². The molecule has 0 spiro atoms. The van der Waals surface area contributed by atoms with Gasteiger partial charge in [0, 0.05) is 9.75 Å². The summed E-state index contributed by atoms with van der Waals surface area (Å²) in [7, 11) is 0. The first-order valence-corrected chi connectivity index (χ1v) is 12.9. The zero-order valence-electron chi connectivity index (χ0n) is 18.0. The topological polar surface area (TPSA) is 25.8 Å². The highest BCUT2D eigenvalue weighted by molar-refractivity contribution is 7.32. The third-order valence-electron chi connectivity index (χ3n) is 4.74. The van der Waals surface area contributed by atoms with Gasteiger partial charge in [0.1, 0.15) is 10.0 Å². The smallest absolute Gasteiger partial charge is 0.155 e. The maximum Gasteiger partial charge on any atom is 0.155 e. The molecule has 0 aliphatic rings. The summed E-state index contributed by atoms with van der Waals surface area (Å²) in [6.45, 7) is 19.7. The Morgan fingerprint density at radius 3 is 1.72 bits per heavy atom. The number of fused-ring (bicyclic) bond motifs is 1. The molecule has 152 valence electrons. The van der Waals surface area contributed by atoms with Crippen molar-refractivity contribution in [2.45, 2.75) is 59.3 Å². The molecule has 0 unspecified atom stereocenters. The van der Waals surface area contributed by atoms with Gasteiger partial charge in [-0.1, -0.05) is 76.9 Å². The predicted molar refractivity (Wildman–Crippen MR) is 134 cm³/mol. The molecule has 0 atom stereocenters. The molecule has 4 aromatic rings. The molecular weight excluding hydrogens is 433 g/mol. The molecule has 0 saturated heterocycles. The molecule has 29 heavy (non-hydrogen) atoms. The monoisotopic (exact) mass is 458 g/mol. The largest absolute Gasteiger partial charge is 0.222 e. The van der Waals surface area contributed by atoms with Crippen LogP contribution in [0.3, 0.4) is 0 Å². The Hall–Kier alpha value is -1.34. The standard InChI is InChI=1S/C23H26N2S4/c1-9-13-11-15(23(6,7)8)27-17(13)19-25-21-20(29-19)24-18(28-21)16-12(2)10-14(26-16)22(3,4)5/h9-11H,1H2,2-8H3. The van der Waals surface area contributed by atoms with Crippen molar-refractivity contribution in [1.29, 1.82) is 0 Å². The maximum absolute atomic E-state index is 4.96. The summed E-state index contributed by atoms with van der Waals surface area (Å²) in [5.41, 5.74) is 2.77. The first-order chi connectivity index (χ1) is 13.5. The molecule has 4 rings (SSSR count). The van der Waals surface area contributed by atoms with E-state index in [0.29, 0.717) is 0 Å². The Morgan fingerprint density at radius 2 is 1.24 bits per heavy atom. The Morgan fingerprint density at radius 1 is 0.759 bits per heavy atom. The van der Waals surface area contributed by atoms with Gasteiger partial charge in [-0.15, -0.1) is 22.7 Å². The van der Waals surface area contributed by atoms with Gasteiger partial charge in [-0.2, -0.15) is 0 Å². The van der Waals surface area contributed by atoms with Gasteiger partial charge >= 0.3 is 0 Å². The number of nitrogens with zero attached hydrogens (tertiary/aromatic N) is 2. The molecule has 0 aliphatic carbocycles. The second kappa shape index (κ2) is 7.12. The molecule has 0 aromatic carbocycles. The normalized spacial score (nSPS) is 12.8. The molecule has 0 saturated carbocycles. The Labute approximate surface area is 189 Å². The molecule has 0 bridgehead atoms. The molecular formula is C23H26N2S4. The highest BCUT2D eigenvalue weighted by Crippen LogP contribution is 2.45. The van der Waals surface area contributed by atoms with Gasteiger partial charge < -0.3 is 0 Å². The number of hydrogen-bond donors (Lipinski definition) is 0. The molecule has 6 heteroatoms. The number of hydrogen-bond acceptors (Lipinski definition) is 6. The average molecular weight is 459 g/mol. The van der Waals surface area contributed by atoms with E-state index in [1.807, 2.05) is 28.7 Å². The molecule has 0 N–H and O–H groups in total. The number of thiazole rings is 2. The first-order valence-electron chi connectivity index (χ1n) is 9.63. The fourth-order valence-corrected chi connectivity index (χ4v) is 7.72. The second-order valence-electron chi connectivity index (χ2n) is 9.37. The lowest BCUT2D eigenvalue weighted by atomic mass is 9.94. The minimum absolute atomic E-state index is 0.127. The minimum atomic E-state index is 0.127. The van der Waals surface area contributed by atoms with E-state index < -0.39 is 0 Å². The van der Waals surface area contributed by atoms with Crippen molar-refractivity contribution in [3.05, 3.63) is 39.6 Å². The average Bonchev–Trinajstić information content (AvgIpc) is 3.32. The van der Waals surface area contributed by atoms with Crippen LogP contribution in [-0.4, -0.2) is 9.97 Å². The number of aromatic nitrogens is 2. The second-order valence-corrected chi connectivity index (χ2v) is 13.4. The molecule has 0 radical (unpaired) electrons. The zero-order chi connectivity index (χ0) is 21.1. The fraction of sp³-hybridized carbons (Fsp3) is 0.391. The van der Waals surface area contributed by atoms with Crippen molar-refractivity contribution in [2.75, 3.05) is 0 Å². The van der Waals surface area contributed by atoms with E-state index in [0.717, 1.165) is 19.7 Å². The van der Waals surface area contributed by atoms with Crippen LogP contribution in [0.4, 0.5) is 0 Å². The predicted octanol–water partition coefficient (Wildman–Crippen LogP) is 8.76. The van der Waals surface area contributed by atoms with Crippen LogP contribution in [0, 0.1) is 6.92 Å². The Balaban J connectivity index is 1.74. The van der Waals surface area contributed by atoms with Crippen LogP contribution in [0.25, 0.3) is 35.5 Å². The van der Waals surface area contributed by atoms with E-state index >= 15 is 0 Å². The van der Waals surface area contributed by atoms with Crippen LogP contribution in [0.1, 0.15) is 62.4 Å². The highest BCUT2D eigenvalue weighted by atomic mass is 32.1. The number of rotatable bonds is 3. The summed E-state index contributed by atoms with van der Waals surface area (Å²) < 4.78 is 0. The van der Waals surface area contributed by atoms with Gasteiger partial charge in [0.2, 0.25) is 0 Å². The first kappa shape index (κ1) is 20.9. The van der Waals surface area contributed by atoms with Crippen LogP contribution in [-0.2, 0) is 10.8 Å². The molecule has 4 heterocycles. The van der Waals surface area contributed by atoms with Gasteiger partial charge in [-0.05, 0) is 41.0 Å². The van der Waals surface area contributed by atoms with E-state index in [4.69, 9.17) is 9.97 Å². The summed E-state index contributed by atoms with van der Waals surface area (Å²) in [5.74, 6) is 0. The summed E-state index contributed by atoms with van der Waals surface area (Å²) in [5, 5.41) is 2.15. The molecule has 0 fully saturated rings. The fourth-order valence-electron chi connectivity index (χ4n) is 2.99. The zero-order valence-corrected chi connectivity index (χ0v) is 21.2. The summed E-state index contributed by atoms with van der Waals surface area (Å²) >= 11 is 7.09. The van der Waals surface area contributed by atoms with Crippen molar-refractivity contribution in [2.24, 2.45) is 0 Å². The van der Waals surface area contributed by atoms with E-state index in [1.165, 1.54) is 30.6 Å². The molecule has 2 nitrogen and oxygen atoms in total. The van der Waals surface area contributed by atoms with E-state index in [1.54, 1.807) is 22.7 Å². The van der Waals surface area contributed by atoms with Crippen molar-refractivity contribution in [1.82, 2.24) is 9.97 Å². The van der Waals surface area contributed by atoms with E-state index in [9.17, 15) is 0 Å². The van der Waals surface area contributed by atoms with Crippen molar-refractivity contribution < 1.29 is 0 Å². The third-order valence-corrected chi connectivity index (χ3v) is 10.3. The Kier molecular flexibility index (Phi) is 5.13. The SMILES string of the molecule is C=Cc1cc(C(C)(C)C)sc1-c1nc2sc(-c3sc(C(C)(C)C)cc3C)nc2s1. The van der Waals surface area contributed by atoms with Crippen LogP contribution in [0.15, 0.2) is 18.7 Å². The van der Waals surface area contributed by atoms with Gasteiger partial charge in [0.15, 0.2) is 9.66 Å². The van der Waals surface area contributed by atoms with Crippen LogP contribution in [0.5, 0.6) is 0 Å². The van der Waals surface area contributed by atoms with Crippen LogP contribution < -0.4 is 0 Å². The minimum Gasteiger partial charge on any atom is -0.222 e. The maximum atomic E-state index is 4.96. The van der Waals surface area contributed by atoms with Gasteiger partial charge in [0.25, 0.3) is 0 Å². The summed E-state index contributed by atoms with van der Waals surface area (Å²) in [4.78, 5) is 17.2. The van der Waals surface area contributed by atoms with Crippen molar-refractivity contribution in [3.63, 3.8) is 0 Å². The Bertz CT molecular complexity index is 1170. The highest BCUT2D eigenvalue weighted by Gasteiger charge is 2.24. The molecule has 0 aliphatic heterocycles. The van der Waals surface area contributed by atoms with E-state index in [2.05, 4.69) is 67.2 Å². The number of thiophene rings is 2. The van der Waals surface area contributed by atoms with Gasteiger partial charge in [-0.3, -0.25) is 0 Å². The quantitative estimate of drug-likeness (QED) is 0.306. The van der Waals surface area contributed by atoms with Crippen LogP contribution in [0.2, 0.25) is 0 Å². The molecule has 4 aromatic heterocycles.